The van der Waals surface area contributed by atoms with E-state index >= 15 is 0 Å². The van der Waals surface area contributed by atoms with Gasteiger partial charge in [-0.25, -0.2) is 17.5 Å². The predicted molar refractivity (Wildman–Crippen MR) is 79.1 cm³/mol. The molecule has 0 aliphatic carbocycles. The van der Waals surface area contributed by atoms with E-state index in [1.54, 1.807) is 6.92 Å². The van der Waals surface area contributed by atoms with Crippen LogP contribution >= 0.6 is 0 Å². The highest BCUT2D eigenvalue weighted by Crippen LogP contribution is 2.16. The molecule has 2 N–H and O–H groups in total. The summed E-state index contributed by atoms with van der Waals surface area (Å²) in [7, 11) is -5.19. The molecule has 1 aromatic rings. The Morgan fingerprint density at radius 1 is 1.48 bits per heavy atom. The van der Waals surface area contributed by atoms with Crippen LogP contribution in [0.3, 0.4) is 0 Å². The van der Waals surface area contributed by atoms with E-state index < -0.39 is 37.6 Å². The molecule has 0 saturated heterocycles. The standard InChI is InChI=1S/C13H16FNO4S2/c1-10(9-20(2)17)15-21(18,19)13-6-5-11(4-3-7-16)8-12(13)14/h5-6,8,10,15-16H,7,9H2,1-2H3. The Morgan fingerprint density at radius 3 is 2.67 bits per heavy atom. The SMILES string of the molecule is CC(CS(C)=O)NS(=O)(=O)c1ccc(C#CCO)cc1F. The topological polar surface area (TPSA) is 83.5 Å². The van der Waals surface area contributed by atoms with Crippen molar-refractivity contribution in [1.82, 2.24) is 4.72 Å². The van der Waals surface area contributed by atoms with Crippen LogP contribution in [0.15, 0.2) is 23.1 Å². The van der Waals surface area contributed by atoms with Crippen LogP contribution in [0.2, 0.25) is 0 Å². The second kappa shape index (κ2) is 7.66. The normalized spacial score (nSPS) is 14.1. The molecule has 0 bridgehead atoms. The van der Waals surface area contributed by atoms with E-state index in [4.69, 9.17) is 5.11 Å². The third kappa shape index (κ3) is 5.55. The van der Waals surface area contributed by atoms with Gasteiger partial charge in [0.2, 0.25) is 10.0 Å². The molecule has 8 heteroatoms. The first-order valence-corrected chi connectivity index (χ1v) is 9.19. The predicted octanol–water partition coefficient (Wildman–Crippen LogP) is 0.215. The van der Waals surface area contributed by atoms with Crippen molar-refractivity contribution < 1.29 is 22.1 Å². The number of benzene rings is 1. The summed E-state index contributed by atoms with van der Waals surface area (Å²) in [5, 5.41) is 8.55. The average molecular weight is 333 g/mol. The largest absolute Gasteiger partial charge is 0.384 e. The highest BCUT2D eigenvalue weighted by Gasteiger charge is 2.21. The summed E-state index contributed by atoms with van der Waals surface area (Å²) in [6.07, 6.45) is 1.46. The second-order valence-electron chi connectivity index (χ2n) is 4.37. The minimum absolute atomic E-state index is 0.140. The maximum Gasteiger partial charge on any atom is 0.243 e. The number of aliphatic hydroxyl groups excluding tert-OH is 1. The number of aliphatic hydroxyl groups is 1. The molecule has 0 radical (unpaired) electrons. The molecule has 0 saturated carbocycles. The highest BCUT2D eigenvalue weighted by molar-refractivity contribution is 7.89. The van der Waals surface area contributed by atoms with Gasteiger partial charge in [0.1, 0.15) is 17.3 Å². The van der Waals surface area contributed by atoms with E-state index in [-0.39, 0.29) is 17.9 Å². The molecular formula is C13H16FNO4S2. The molecule has 0 fully saturated rings. The van der Waals surface area contributed by atoms with Crippen LogP contribution in [0.5, 0.6) is 0 Å². The van der Waals surface area contributed by atoms with Gasteiger partial charge >= 0.3 is 0 Å². The fourth-order valence-electron chi connectivity index (χ4n) is 1.65. The molecule has 0 aliphatic heterocycles. The highest BCUT2D eigenvalue weighted by atomic mass is 32.2. The van der Waals surface area contributed by atoms with Crippen molar-refractivity contribution in [1.29, 1.82) is 0 Å². The molecule has 2 unspecified atom stereocenters. The fraction of sp³-hybridized carbons (Fsp3) is 0.385. The van der Waals surface area contributed by atoms with Crippen molar-refractivity contribution >= 4 is 20.8 Å². The maximum atomic E-state index is 13.9. The zero-order valence-corrected chi connectivity index (χ0v) is 13.2. The van der Waals surface area contributed by atoms with Crippen molar-refractivity contribution in [2.75, 3.05) is 18.6 Å². The average Bonchev–Trinajstić information content (AvgIpc) is 2.34. The van der Waals surface area contributed by atoms with Gasteiger partial charge < -0.3 is 5.11 Å². The molecular weight excluding hydrogens is 317 g/mol. The van der Waals surface area contributed by atoms with E-state index in [1.807, 2.05) is 0 Å². The van der Waals surface area contributed by atoms with Gasteiger partial charge in [-0.15, -0.1) is 0 Å². The fourth-order valence-corrected chi connectivity index (χ4v) is 3.85. The van der Waals surface area contributed by atoms with Crippen molar-refractivity contribution in [2.24, 2.45) is 0 Å². The van der Waals surface area contributed by atoms with Crippen LogP contribution in [0.4, 0.5) is 4.39 Å². The summed E-state index contributed by atoms with van der Waals surface area (Å²) in [5.74, 6) is 4.04. The van der Waals surface area contributed by atoms with Crippen LogP contribution in [0.25, 0.3) is 0 Å². The van der Waals surface area contributed by atoms with Gasteiger partial charge in [-0.1, -0.05) is 11.8 Å². The van der Waals surface area contributed by atoms with E-state index in [0.717, 1.165) is 12.1 Å². The molecule has 116 valence electrons. The molecule has 2 atom stereocenters. The number of halogens is 1. The van der Waals surface area contributed by atoms with Gasteiger partial charge in [0.25, 0.3) is 0 Å². The molecule has 0 heterocycles. The molecule has 5 nitrogen and oxygen atoms in total. The first-order chi connectivity index (χ1) is 9.76. The Bertz CT molecular complexity index is 692. The lowest BCUT2D eigenvalue weighted by molar-refractivity contribution is 0.350. The Labute approximate surface area is 126 Å². The first kappa shape index (κ1) is 17.8. The van der Waals surface area contributed by atoms with Crippen molar-refractivity contribution in [3.05, 3.63) is 29.6 Å². The van der Waals surface area contributed by atoms with Gasteiger partial charge in [-0.3, -0.25) is 4.21 Å². The number of sulfonamides is 1. The molecule has 0 aliphatic rings. The van der Waals surface area contributed by atoms with E-state index in [9.17, 15) is 17.0 Å². The molecule has 0 aromatic heterocycles. The summed E-state index contributed by atoms with van der Waals surface area (Å²) in [6, 6.07) is 2.87. The maximum absolute atomic E-state index is 13.9. The molecule has 1 aromatic carbocycles. The Kier molecular flexibility index (Phi) is 6.48. The van der Waals surface area contributed by atoms with E-state index in [2.05, 4.69) is 16.6 Å². The smallest absolute Gasteiger partial charge is 0.243 e. The number of rotatable bonds is 5. The third-order valence-corrected chi connectivity index (χ3v) is 4.97. The lowest BCUT2D eigenvalue weighted by Gasteiger charge is -2.13. The van der Waals surface area contributed by atoms with Crippen molar-refractivity contribution in [3.8, 4) is 11.8 Å². The van der Waals surface area contributed by atoms with Crippen LogP contribution in [0.1, 0.15) is 12.5 Å². The quantitative estimate of drug-likeness (QED) is 0.755. The Morgan fingerprint density at radius 2 is 2.14 bits per heavy atom. The van der Waals surface area contributed by atoms with Crippen LogP contribution in [-0.2, 0) is 20.8 Å². The van der Waals surface area contributed by atoms with Gasteiger partial charge in [-0.2, -0.15) is 0 Å². The monoisotopic (exact) mass is 333 g/mol. The van der Waals surface area contributed by atoms with Crippen molar-refractivity contribution in [3.63, 3.8) is 0 Å². The molecule has 0 amide bonds. The van der Waals surface area contributed by atoms with Gasteiger partial charge in [0, 0.05) is 34.4 Å². The summed E-state index contributed by atoms with van der Waals surface area (Å²) in [5.41, 5.74) is 0.267. The summed E-state index contributed by atoms with van der Waals surface area (Å²) in [6.45, 7) is 1.19. The zero-order valence-electron chi connectivity index (χ0n) is 11.6. The van der Waals surface area contributed by atoms with Crippen molar-refractivity contribution in [2.45, 2.75) is 17.9 Å². The molecule has 21 heavy (non-hydrogen) atoms. The van der Waals surface area contributed by atoms with Crippen LogP contribution < -0.4 is 4.72 Å². The van der Waals surface area contributed by atoms with Crippen LogP contribution in [-0.4, -0.2) is 42.4 Å². The number of nitrogens with one attached hydrogen (secondary N) is 1. The first-order valence-electron chi connectivity index (χ1n) is 5.98. The minimum atomic E-state index is -4.03. The summed E-state index contributed by atoms with van der Waals surface area (Å²) in [4.78, 5) is -0.495. The van der Waals surface area contributed by atoms with Gasteiger partial charge in [-0.05, 0) is 25.1 Å². The number of hydrogen-bond acceptors (Lipinski definition) is 4. The minimum Gasteiger partial charge on any atom is -0.384 e. The van der Waals surface area contributed by atoms with E-state index in [1.165, 1.54) is 12.3 Å². The van der Waals surface area contributed by atoms with Gasteiger partial charge in [0.15, 0.2) is 0 Å². The Hall–Kier alpha value is -1.27. The van der Waals surface area contributed by atoms with Crippen LogP contribution in [0, 0.1) is 17.7 Å². The zero-order chi connectivity index (χ0) is 16.0. The summed E-state index contributed by atoms with van der Waals surface area (Å²) < 4.78 is 51.3. The third-order valence-electron chi connectivity index (χ3n) is 2.37. The lowest BCUT2D eigenvalue weighted by atomic mass is 10.2. The lowest BCUT2D eigenvalue weighted by Crippen LogP contribution is -2.36. The Balaban J connectivity index is 3.01. The van der Waals surface area contributed by atoms with E-state index in [0.29, 0.717) is 0 Å². The second-order valence-corrected chi connectivity index (χ2v) is 7.53. The van der Waals surface area contributed by atoms with Gasteiger partial charge in [0.05, 0.1) is 0 Å². The molecule has 0 spiro atoms. The molecule has 1 rings (SSSR count). The summed E-state index contributed by atoms with van der Waals surface area (Å²) >= 11 is 0. The number of hydrogen-bond donors (Lipinski definition) is 2.